The fourth-order valence-corrected chi connectivity index (χ4v) is 5.68. The van der Waals surface area contributed by atoms with Gasteiger partial charge in [0.15, 0.2) is 0 Å². The number of pyridine rings is 2. The molecule has 5 rings (SSSR count). The van der Waals surface area contributed by atoms with E-state index in [1.807, 2.05) is 17.9 Å². The Bertz CT molecular complexity index is 1660. The summed E-state index contributed by atoms with van der Waals surface area (Å²) in [5.41, 5.74) is 1.46. The molecule has 13 heteroatoms. The number of likely N-dealkylation sites (tertiary alicyclic amines) is 1. The minimum atomic E-state index is -0.369. The average Bonchev–Trinajstić information content (AvgIpc) is 3.66. The summed E-state index contributed by atoms with van der Waals surface area (Å²) in [6.07, 6.45) is 6.58. The van der Waals surface area contributed by atoms with Crippen LogP contribution in [0.2, 0.25) is 5.15 Å². The van der Waals surface area contributed by atoms with Crippen molar-refractivity contribution in [2.24, 2.45) is 4.99 Å². The molecular weight excluding hydrogens is 586 g/mol. The minimum absolute atomic E-state index is 0.136. The number of methoxy groups -OCH3 is 1. The molecule has 0 bridgehead atoms. The molecule has 0 aliphatic carbocycles. The van der Waals surface area contributed by atoms with E-state index in [0.29, 0.717) is 86.0 Å². The number of aliphatic imine (C=N–C) groups is 1. The molecule has 44 heavy (non-hydrogen) atoms. The van der Waals surface area contributed by atoms with Gasteiger partial charge in [0.1, 0.15) is 16.8 Å². The van der Waals surface area contributed by atoms with Crippen LogP contribution in [0.5, 0.6) is 0 Å². The zero-order valence-corrected chi connectivity index (χ0v) is 25.8. The predicted molar refractivity (Wildman–Crippen MR) is 167 cm³/mol. The lowest BCUT2D eigenvalue weighted by Crippen LogP contribution is -2.41. The van der Waals surface area contributed by atoms with Crippen LogP contribution in [0.4, 0.5) is 11.6 Å². The van der Waals surface area contributed by atoms with Gasteiger partial charge in [0, 0.05) is 77.2 Å². The normalized spacial score (nSPS) is 14.2. The lowest BCUT2D eigenvalue weighted by atomic mass is 10.1. The third-order valence-corrected chi connectivity index (χ3v) is 8.04. The molecule has 3 aromatic heterocycles. The lowest BCUT2D eigenvalue weighted by molar-refractivity contribution is -0.127. The summed E-state index contributed by atoms with van der Waals surface area (Å²) >= 11 is 5.94. The highest BCUT2D eigenvalue weighted by atomic mass is 35.5. The van der Waals surface area contributed by atoms with E-state index in [-0.39, 0.29) is 41.2 Å². The second-order valence-electron chi connectivity index (χ2n) is 10.8. The molecule has 0 spiro atoms. The van der Waals surface area contributed by atoms with Crippen LogP contribution < -0.4 is 16.1 Å². The maximum Gasteiger partial charge on any atom is 0.332 e. The molecule has 0 N–H and O–H groups in total. The van der Waals surface area contributed by atoms with Crippen molar-refractivity contribution in [3.63, 3.8) is 0 Å². The molecule has 5 heterocycles. The Morgan fingerprint density at radius 3 is 2.52 bits per heavy atom. The van der Waals surface area contributed by atoms with E-state index in [4.69, 9.17) is 21.3 Å². The number of carbonyl (C=O) groups excluding carboxylic acids is 2. The summed E-state index contributed by atoms with van der Waals surface area (Å²) in [5.74, 6) is 0.676. The summed E-state index contributed by atoms with van der Waals surface area (Å²) in [5, 5.41) is 0.285. The fourth-order valence-electron chi connectivity index (χ4n) is 5.57. The second-order valence-corrected chi connectivity index (χ2v) is 11.2. The molecule has 0 radical (unpaired) electrons. The van der Waals surface area contributed by atoms with Crippen LogP contribution in [-0.4, -0.2) is 74.9 Å². The topological polar surface area (TPSA) is 132 Å². The zero-order chi connectivity index (χ0) is 31.2. The van der Waals surface area contributed by atoms with Crippen LogP contribution in [0.1, 0.15) is 60.5 Å². The Hall–Kier alpha value is -4.16. The number of hydrogen-bond donors (Lipinski definition) is 0. The first-order valence-corrected chi connectivity index (χ1v) is 15.3. The van der Waals surface area contributed by atoms with Crippen molar-refractivity contribution in [3.8, 4) is 0 Å². The molecule has 2 aliphatic rings. The van der Waals surface area contributed by atoms with Gasteiger partial charge in [-0.3, -0.25) is 28.4 Å². The summed E-state index contributed by atoms with van der Waals surface area (Å²) < 4.78 is 7.96. The van der Waals surface area contributed by atoms with Crippen LogP contribution in [-0.2, 0) is 29.0 Å². The smallest absolute Gasteiger partial charge is 0.332 e. The number of nitrogens with zero attached hydrogens (tertiary/aromatic N) is 7. The first-order valence-electron chi connectivity index (χ1n) is 14.9. The van der Waals surface area contributed by atoms with E-state index >= 15 is 0 Å². The number of amides is 2. The van der Waals surface area contributed by atoms with Gasteiger partial charge in [-0.2, -0.15) is 0 Å². The van der Waals surface area contributed by atoms with Crippen LogP contribution in [0.15, 0.2) is 51.2 Å². The monoisotopic (exact) mass is 621 g/mol. The van der Waals surface area contributed by atoms with Crippen molar-refractivity contribution >= 4 is 40.8 Å². The second kappa shape index (κ2) is 14.1. The Kier molecular flexibility index (Phi) is 10.0. The number of rotatable bonds is 13. The average molecular weight is 622 g/mol. The quantitative estimate of drug-likeness (QED) is 0.211. The van der Waals surface area contributed by atoms with Crippen molar-refractivity contribution in [3.05, 3.63) is 79.3 Å². The first kappa shape index (κ1) is 31.3. The Morgan fingerprint density at radius 1 is 1.02 bits per heavy atom. The molecule has 0 atom stereocenters. The molecular formula is C31H36ClN7O5. The predicted octanol–water partition coefficient (Wildman–Crippen LogP) is 3.24. The van der Waals surface area contributed by atoms with Crippen molar-refractivity contribution in [1.29, 1.82) is 0 Å². The molecule has 1 fully saturated rings. The highest BCUT2D eigenvalue weighted by molar-refractivity contribution is 6.29. The van der Waals surface area contributed by atoms with E-state index in [0.717, 1.165) is 13.0 Å². The number of fused-ring (bicyclic) bond motifs is 1. The zero-order valence-electron chi connectivity index (χ0n) is 25.0. The van der Waals surface area contributed by atoms with Gasteiger partial charge in [-0.15, -0.1) is 0 Å². The van der Waals surface area contributed by atoms with Crippen LogP contribution in [0, 0.1) is 0 Å². The lowest BCUT2D eigenvalue weighted by Gasteiger charge is -2.23. The Balaban J connectivity index is 1.40. The van der Waals surface area contributed by atoms with Gasteiger partial charge in [-0.25, -0.2) is 19.8 Å². The molecule has 1 saturated heterocycles. The molecule has 3 aromatic rings. The number of carbonyl (C=O) groups is 2. The van der Waals surface area contributed by atoms with Crippen molar-refractivity contribution in [2.75, 3.05) is 38.3 Å². The molecule has 2 aliphatic heterocycles. The highest BCUT2D eigenvalue weighted by Gasteiger charge is 2.27. The first-order chi connectivity index (χ1) is 21.3. The largest absolute Gasteiger partial charge is 0.385 e. The fraction of sp³-hybridized carbons (Fsp3) is 0.452. The molecule has 232 valence electrons. The van der Waals surface area contributed by atoms with E-state index in [2.05, 4.69) is 9.97 Å². The standard InChI is InChI=1S/C31H36ClN7O5/c1-3-12-38-28-23(30(42)39(31(38)43)16-6-17-44-2)18-24(35-28)21-9-11-26(34-19-21)37(15-5-14-36-13-4-7-27(36)40)29(41)22-8-10-25(32)33-20-22/h8-11,19-20H,3-7,12-18H2,1-2H3. The number of hydrogen-bond acceptors (Lipinski definition) is 8. The molecule has 0 aromatic carbocycles. The Morgan fingerprint density at radius 2 is 1.86 bits per heavy atom. The van der Waals surface area contributed by atoms with Crippen LogP contribution in [0.25, 0.3) is 0 Å². The highest BCUT2D eigenvalue weighted by Crippen LogP contribution is 2.26. The van der Waals surface area contributed by atoms with Crippen LogP contribution >= 0.6 is 11.6 Å². The minimum Gasteiger partial charge on any atom is -0.385 e. The van der Waals surface area contributed by atoms with Gasteiger partial charge < -0.3 is 9.64 Å². The van der Waals surface area contributed by atoms with E-state index in [1.165, 1.54) is 10.8 Å². The SMILES string of the molecule is CCCn1c2c(c(=O)n(CCCOC)c1=O)CC(c1ccc(N(CCCN3CCCC3=O)C(=O)c3ccc(Cl)nc3)nc1)=N2. The van der Waals surface area contributed by atoms with Crippen molar-refractivity contribution in [2.45, 2.75) is 58.5 Å². The van der Waals surface area contributed by atoms with Gasteiger partial charge in [-0.05, 0) is 49.9 Å². The summed E-state index contributed by atoms with van der Waals surface area (Å²) in [6.45, 7) is 4.76. The number of halogens is 1. The summed E-state index contributed by atoms with van der Waals surface area (Å²) in [7, 11) is 1.58. The molecule has 0 unspecified atom stereocenters. The molecule has 0 saturated carbocycles. The number of ether oxygens (including phenoxy) is 1. The van der Waals surface area contributed by atoms with Gasteiger partial charge in [0.2, 0.25) is 5.91 Å². The maximum atomic E-state index is 13.6. The van der Waals surface area contributed by atoms with Crippen molar-refractivity contribution in [1.82, 2.24) is 24.0 Å². The van der Waals surface area contributed by atoms with E-state index in [9.17, 15) is 19.2 Å². The molecule has 2 amide bonds. The van der Waals surface area contributed by atoms with Gasteiger partial charge in [0.25, 0.3) is 11.5 Å². The third kappa shape index (κ3) is 6.66. The molecule has 12 nitrogen and oxygen atoms in total. The number of anilines is 1. The summed E-state index contributed by atoms with van der Waals surface area (Å²) in [4.78, 5) is 69.0. The van der Waals surface area contributed by atoms with Gasteiger partial charge in [0.05, 0.1) is 16.8 Å². The van der Waals surface area contributed by atoms with Crippen molar-refractivity contribution < 1.29 is 14.3 Å². The third-order valence-electron chi connectivity index (χ3n) is 7.81. The maximum absolute atomic E-state index is 13.6. The van der Waals surface area contributed by atoms with Crippen LogP contribution in [0.3, 0.4) is 0 Å². The van der Waals surface area contributed by atoms with E-state index < -0.39 is 0 Å². The Labute approximate surface area is 260 Å². The number of aromatic nitrogens is 4. The van der Waals surface area contributed by atoms with E-state index in [1.54, 1.807) is 41.0 Å². The van der Waals surface area contributed by atoms with Gasteiger partial charge >= 0.3 is 5.69 Å². The van der Waals surface area contributed by atoms with Gasteiger partial charge in [-0.1, -0.05) is 18.5 Å². The summed E-state index contributed by atoms with van der Waals surface area (Å²) in [6, 6.07) is 6.74.